The van der Waals surface area contributed by atoms with E-state index in [2.05, 4.69) is 6.92 Å². The first-order valence-corrected chi connectivity index (χ1v) is 5.38. The molecule has 2 heteroatoms. The Labute approximate surface area is 91.3 Å². The number of carbonyl (C=O) groups is 1. The molecule has 2 unspecified atom stereocenters. The summed E-state index contributed by atoms with van der Waals surface area (Å²) in [6.45, 7) is 6.25. The molecule has 0 aliphatic carbocycles. The lowest BCUT2D eigenvalue weighted by molar-refractivity contribution is -0.148. The monoisotopic (exact) mass is 206 g/mol. The lowest BCUT2D eigenvalue weighted by atomic mass is 9.89. The zero-order valence-corrected chi connectivity index (χ0v) is 9.57. The highest BCUT2D eigenvalue weighted by Gasteiger charge is 2.22. The van der Waals surface area contributed by atoms with Crippen LogP contribution >= 0.6 is 0 Å². The van der Waals surface area contributed by atoms with Crippen molar-refractivity contribution in [1.29, 1.82) is 0 Å². The summed E-state index contributed by atoms with van der Waals surface area (Å²) < 4.78 is 5.01. The lowest BCUT2D eigenvalue weighted by Crippen LogP contribution is -2.20. The smallest absolute Gasteiger partial charge is 0.309 e. The molecule has 0 saturated carbocycles. The molecule has 0 heterocycles. The molecular formula is C13H18O2. The van der Waals surface area contributed by atoms with Crippen LogP contribution in [0.5, 0.6) is 0 Å². The highest BCUT2D eigenvalue weighted by atomic mass is 16.5. The summed E-state index contributed by atoms with van der Waals surface area (Å²) in [5.41, 5.74) is 1.18. The SMILES string of the molecule is CCOC(=O)C(C)C(C)c1ccccc1. The molecule has 0 amide bonds. The molecule has 15 heavy (non-hydrogen) atoms. The van der Waals surface area contributed by atoms with E-state index >= 15 is 0 Å². The third kappa shape index (κ3) is 3.08. The van der Waals surface area contributed by atoms with Gasteiger partial charge < -0.3 is 4.74 Å². The van der Waals surface area contributed by atoms with Crippen LogP contribution in [0.15, 0.2) is 30.3 Å². The van der Waals surface area contributed by atoms with Crippen LogP contribution in [0.25, 0.3) is 0 Å². The molecule has 1 rings (SSSR count). The summed E-state index contributed by atoms with van der Waals surface area (Å²) >= 11 is 0. The summed E-state index contributed by atoms with van der Waals surface area (Å²) in [5.74, 6) is -0.00791. The molecule has 2 nitrogen and oxygen atoms in total. The van der Waals surface area contributed by atoms with Crippen LogP contribution in [0.4, 0.5) is 0 Å². The quantitative estimate of drug-likeness (QED) is 0.708. The van der Waals surface area contributed by atoms with Gasteiger partial charge in [-0.2, -0.15) is 0 Å². The largest absolute Gasteiger partial charge is 0.466 e. The number of ether oxygens (including phenoxy) is 1. The normalized spacial score (nSPS) is 14.3. The van der Waals surface area contributed by atoms with Crippen molar-refractivity contribution in [3.05, 3.63) is 35.9 Å². The van der Waals surface area contributed by atoms with E-state index in [1.807, 2.05) is 44.2 Å². The van der Waals surface area contributed by atoms with Crippen molar-refractivity contribution in [1.82, 2.24) is 0 Å². The maximum atomic E-state index is 11.5. The molecule has 0 N–H and O–H groups in total. The second kappa shape index (κ2) is 5.54. The van der Waals surface area contributed by atoms with Crippen molar-refractivity contribution in [2.45, 2.75) is 26.7 Å². The summed E-state index contributed by atoms with van der Waals surface area (Å²) in [6, 6.07) is 10.0. The van der Waals surface area contributed by atoms with Crippen molar-refractivity contribution < 1.29 is 9.53 Å². The first kappa shape index (κ1) is 11.8. The Balaban J connectivity index is 2.68. The Morgan fingerprint density at radius 2 is 1.87 bits per heavy atom. The third-order valence-corrected chi connectivity index (χ3v) is 2.73. The van der Waals surface area contributed by atoms with Gasteiger partial charge in [-0.05, 0) is 18.4 Å². The van der Waals surface area contributed by atoms with Gasteiger partial charge >= 0.3 is 5.97 Å². The lowest BCUT2D eigenvalue weighted by Gasteiger charge is -2.18. The van der Waals surface area contributed by atoms with Crippen LogP contribution in [-0.4, -0.2) is 12.6 Å². The Hall–Kier alpha value is -1.31. The molecule has 2 atom stereocenters. The highest BCUT2D eigenvalue weighted by Crippen LogP contribution is 2.24. The fourth-order valence-electron chi connectivity index (χ4n) is 1.52. The third-order valence-electron chi connectivity index (χ3n) is 2.73. The molecule has 1 aromatic rings. The average molecular weight is 206 g/mol. The summed E-state index contributed by atoms with van der Waals surface area (Å²) in [7, 11) is 0. The van der Waals surface area contributed by atoms with Crippen molar-refractivity contribution >= 4 is 5.97 Å². The van der Waals surface area contributed by atoms with Crippen molar-refractivity contribution in [2.75, 3.05) is 6.61 Å². The van der Waals surface area contributed by atoms with E-state index in [0.29, 0.717) is 6.61 Å². The predicted octanol–water partition coefficient (Wildman–Crippen LogP) is 2.99. The van der Waals surface area contributed by atoms with E-state index in [0.717, 1.165) is 0 Å². The topological polar surface area (TPSA) is 26.3 Å². The van der Waals surface area contributed by atoms with Gasteiger partial charge in [0.1, 0.15) is 0 Å². The van der Waals surface area contributed by atoms with Crippen LogP contribution in [0.1, 0.15) is 32.3 Å². The standard InChI is InChI=1S/C13H18O2/c1-4-15-13(14)11(3)10(2)12-8-6-5-7-9-12/h5-11H,4H2,1-3H3. The number of benzene rings is 1. The minimum absolute atomic E-state index is 0.0904. The zero-order valence-electron chi connectivity index (χ0n) is 9.57. The minimum atomic E-state index is -0.117. The Kier molecular flexibility index (Phi) is 4.35. The first-order valence-electron chi connectivity index (χ1n) is 5.38. The summed E-state index contributed by atoms with van der Waals surface area (Å²) in [6.07, 6.45) is 0. The number of esters is 1. The molecule has 1 aromatic carbocycles. The molecule has 0 aliphatic heterocycles. The molecular weight excluding hydrogens is 188 g/mol. The van der Waals surface area contributed by atoms with E-state index in [1.165, 1.54) is 5.56 Å². The molecule has 0 saturated heterocycles. The fourth-order valence-corrected chi connectivity index (χ4v) is 1.52. The average Bonchev–Trinajstić information content (AvgIpc) is 2.28. The van der Waals surface area contributed by atoms with Gasteiger partial charge in [0, 0.05) is 0 Å². The van der Waals surface area contributed by atoms with Crippen LogP contribution in [0.3, 0.4) is 0 Å². The second-order valence-corrected chi connectivity index (χ2v) is 3.74. The fraction of sp³-hybridized carbons (Fsp3) is 0.462. The zero-order chi connectivity index (χ0) is 11.3. The van der Waals surface area contributed by atoms with E-state index < -0.39 is 0 Å². The van der Waals surface area contributed by atoms with Crippen molar-refractivity contribution in [2.24, 2.45) is 5.92 Å². The van der Waals surface area contributed by atoms with E-state index in [4.69, 9.17) is 4.74 Å². The maximum Gasteiger partial charge on any atom is 0.309 e. The molecule has 0 fully saturated rings. The molecule has 0 spiro atoms. The Bertz CT molecular complexity index is 306. The van der Waals surface area contributed by atoms with Gasteiger partial charge in [0.15, 0.2) is 0 Å². The second-order valence-electron chi connectivity index (χ2n) is 3.74. The van der Waals surface area contributed by atoms with Gasteiger partial charge in [0.25, 0.3) is 0 Å². The van der Waals surface area contributed by atoms with E-state index in [1.54, 1.807) is 0 Å². The number of hydrogen-bond donors (Lipinski definition) is 0. The van der Waals surface area contributed by atoms with Gasteiger partial charge in [-0.15, -0.1) is 0 Å². The van der Waals surface area contributed by atoms with Gasteiger partial charge in [-0.3, -0.25) is 4.79 Å². The van der Waals surface area contributed by atoms with Gasteiger partial charge in [0.2, 0.25) is 0 Å². The predicted molar refractivity (Wildman–Crippen MR) is 60.7 cm³/mol. The van der Waals surface area contributed by atoms with Crippen molar-refractivity contribution in [3.8, 4) is 0 Å². The van der Waals surface area contributed by atoms with Gasteiger partial charge in [-0.25, -0.2) is 0 Å². The molecule has 0 radical (unpaired) electrons. The molecule has 0 aromatic heterocycles. The van der Waals surface area contributed by atoms with Crippen LogP contribution in [-0.2, 0) is 9.53 Å². The molecule has 82 valence electrons. The Morgan fingerprint density at radius 3 is 2.40 bits per heavy atom. The molecule has 0 bridgehead atoms. The van der Waals surface area contributed by atoms with Crippen molar-refractivity contribution in [3.63, 3.8) is 0 Å². The first-order chi connectivity index (χ1) is 7.16. The number of carbonyl (C=O) groups excluding carboxylic acids is 1. The summed E-state index contributed by atoms with van der Waals surface area (Å²) in [5, 5.41) is 0. The van der Waals surface area contributed by atoms with Gasteiger partial charge in [-0.1, -0.05) is 44.2 Å². The highest BCUT2D eigenvalue weighted by molar-refractivity contribution is 5.73. The minimum Gasteiger partial charge on any atom is -0.466 e. The number of hydrogen-bond acceptors (Lipinski definition) is 2. The maximum absolute atomic E-state index is 11.5. The van der Waals surface area contributed by atoms with Crippen LogP contribution < -0.4 is 0 Å². The number of rotatable bonds is 4. The van der Waals surface area contributed by atoms with E-state index in [9.17, 15) is 4.79 Å². The van der Waals surface area contributed by atoms with E-state index in [-0.39, 0.29) is 17.8 Å². The molecule has 0 aliphatic rings. The van der Waals surface area contributed by atoms with Crippen LogP contribution in [0.2, 0.25) is 0 Å². The summed E-state index contributed by atoms with van der Waals surface area (Å²) in [4.78, 5) is 11.5. The van der Waals surface area contributed by atoms with Gasteiger partial charge in [0.05, 0.1) is 12.5 Å². The van der Waals surface area contributed by atoms with Crippen LogP contribution in [0, 0.1) is 5.92 Å². The Morgan fingerprint density at radius 1 is 1.27 bits per heavy atom.